The molecule has 6 heteroatoms. The SMILES string of the molecule is CC1=CCC[C@H](C)[C@@]1(C)CCC(C)(O)CC/C=C(\C)CCn1c[n+](C)c2ncnc(N)c21. The molecular weight excluding hydrogens is 398 g/mol. The van der Waals surface area contributed by atoms with Gasteiger partial charge in [-0.25, -0.2) is 4.57 Å². The molecule has 1 aliphatic carbocycles. The van der Waals surface area contributed by atoms with E-state index in [0.717, 1.165) is 49.8 Å². The van der Waals surface area contributed by atoms with Crippen molar-refractivity contribution in [1.82, 2.24) is 14.5 Å². The zero-order valence-corrected chi connectivity index (χ0v) is 20.9. The Labute approximate surface area is 193 Å². The molecular formula is C26H42N5O+. The Hall–Kier alpha value is -2.21. The molecule has 0 bridgehead atoms. The average Bonchev–Trinajstić information content (AvgIpc) is 3.06. The summed E-state index contributed by atoms with van der Waals surface area (Å²) in [5, 5.41) is 11.0. The molecule has 2 heterocycles. The normalized spacial score (nSPS) is 23.9. The molecule has 3 rings (SSSR count). The van der Waals surface area contributed by atoms with Gasteiger partial charge in [0.25, 0.3) is 0 Å². The van der Waals surface area contributed by atoms with Crippen LogP contribution in [-0.4, -0.2) is 25.2 Å². The summed E-state index contributed by atoms with van der Waals surface area (Å²) in [7, 11) is 1.97. The van der Waals surface area contributed by atoms with Gasteiger partial charge in [0.05, 0.1) is 19.2 Å². The molecule has 1 aliphatic rings. The molecule has 0 saturated heterocycles. The molecule has 32 heavy (non-hydrogen) atoms. The molecule has 0 spiro atoms. The summed E-state index contributed by atoms with van der Waals surface area (Å²) in [5.41, 5.74) is 10.2. The van der Waals surface area contributed by atoms with Gasteiger partial charge in [-0.2, -0.15) is 4.98 Å². The minimum Gasteiger partial charge on any atom is -0.390 e. The molecule has 0 aromatic carbocycles. The summed E-state index contributed by atoms with van der Waals surface area (Å²) < 4.78 is 4.11. The summed E-state index contributed by atoms with van der Waals surface area (Å²) in [6.45, 7) is 12.0. The zero-order valence-electron chi connectivity index (χ0n) is 20.9. The van der Waals surface area contributed by atoms with Crippen LogP contribution in [0.15, 0.2) is 36.0 Å². The lowest BCUT2D eigenvalue weighted by Gasteiger charge is -2.42. The van der Waals surface area contributed by atoms with E-state index in [1.165, 1.54) is 30.3 Å². The minimum atomic E-state index is -0.632. The average molecular weight is 441 g/mol. The van der Waals surface area contributed by atoms with Gasteiger partial charge in [-0.15, -0.1) is 0 Å². The van der Waals surface area contributed by atoms with Gasteiger partial charge in [0, 0.05) is 0 Å². The maximum Gasteiger partial charge on any atom is 0.307 e. The monoisotopic (exact) mass is 440 g/mol. The van der Waals surface area contributed by atoms with Crippen molar-refractivity contribution >= 4 is 17.0 Å². The van der Waals surface area contributed by atoms with Crippen molar-refractivity contribution in [2.45, 2.75) is 91.7 Å². The summed E-state index contributed by atoms with van der Waals surface area (Å²) in [5.74, 6) is 1.19. The third-order valence-corrected chi connectivity index (χ3v) is 7.91. The zero-order chi connectivity index (χ0) is 23.5. The molecule has 3 N–H and O–H groups in total. The van der Waals surface area contributed by atoms with E-state index in [0.29, 0.717) is 11.7 Å². The molecule has 2 aromatic heterocycles. The Balaban J connectivity index is 1.52. The molecule has 0 saturated carbocycles. The summed E-state index contributed by atoms with van der Waals surface area (Å²) in [6.07, 6.45) is 15.2. The molecule has 6 nitrogen and oxygen atoms in total. The van der Waals surface area contributed by atoms with Crippen LogP contribution in [0, 0.1) is 11.3 Å². The number of allylic oxidation sites excluding steroid dienone is 4. The van der Waals surface area contributed by atoms with E-state index >= 15 is 0 Å². The first-order chi connectivity index (χ1) is 15.0. The number of aromatic nitrogens is 4. The van der Waals surface area contributed by atoms with Crippen molar-refractivity contribution in [3.63, 3.8) is 0 Å². The van der Waals surface area contributed by atoms with Crippen LogP contribution in [-0.2, 0) is 13.6 Å². The second-order valence-electron chi connectivity index (χ2n) is 10.5. The standard InChI is InChI=1S/C26H42N5O/c1-19(12-16-31-18-30(6)24-22(31)23(27)28-17-29-24)9-8-13-25(4,32)14-15-26(5)20(2)10-7-11-21(26)3/h9-10,17-18,21,32H,7-8,11-16H2,1-6H3,(H2,27,28,29)/q+1/b19-9+/t21-,25?,26-/m0/s1. The lowest BCUT2D eigenvalue weighted by Crippen LogP contribution is -2.33. The maximum absolute atomic E-state index is 11.0. The number of anilines is 1. The van der Waals surface area contributed by atoms with E-state index in [1.54, 1.807) is 0 Å². The predicted molar refractivity (Wildman–Crippen MR) is 131 cm³/mol. The van der Waals surface area contributed by atoms with Gasteiger partial charge in [-0.1, -0.05) is 42.1 Å². The predicted octanol–water partition coefficient (Wildman–Crippen LogP) is 4.87. The summed E-state index contributed by atoms with van der Waals surface area (Å²) in [6, 6.07) is 0. The molecule has 0 radical (unpaired) electrons. The lowest BCUT2D eigenvalue weighted by molar-refractivity contribution is -0.647. The van der Waals surface area contributed by atoms with Gasteiger partial charge in [0.2, 0.25) is 5.52 Å². The quantitative estimate of drug-likeness (QED) is 0.431. The third kappa shape index (κ3) is 5.40. The fraction of sp³-hybridized carbons (Fsp3) is 0.654. The fourth-order valence-electron chi connectivity index (χ4n) is 5.02. The number of rotatable bonds is 9. The summed E-state index contributed by atoms with van der Waals surface area (Å²) in [4.78, 5) is 8.47. The van der Waals surface area contributed by atoms with Crippen molar-refractivity contribution < 1.29 is 9.67 Å². The first kappa shape index (κ1) is 24.4. The number of aliphatic hydroxyl groups is 1. The Morgan fingerprint density at radius 2 is 2.16 bits per heavy atom. The van der Waals surface area contributed by atoms with E-state index in [4.69, 9.17) is 5.73 Å². The van der Waals surface area contributed by atoms with Crippen molar-refractivity contribution in [1.29, 1.82) is 0 Å². The Bertz CT molecular complexity index is 1000. The number of imidazole rings is 1. The van der Waals surface area contributed by atoms with Crippen molar-refractivity contribution in [3.05, 3.63) is 36.0 Å². The van der Waals surface area contributed by atoms with Gasteiger partial charge in [0.15, 0.2) is 18.5 Å². The number of nitrogens with zero attached hydrogens (tertiary/aromatic N) is 4. The van der Waals surface area contributed by atoms with Gasteiger partial charge < -0.3 is 10.8 Å². The highest BCUT2D eigenvalue weighted by molar-refractivity contribution is 5.78. The van der Waals surface area contributed by atoms with Crippen LogP contribution in [0.2, 0.25) is 0 Å². The van der Waals surface area contributed by atoms with Crippen LogP contribution < -0.4 is 10.3 Å². The van der Waals surface area contributed by atoms with Crippen LogP contribution in [0.4, 0.5) is 5.82 Å². The summed E-state index contributed by atoms with van der Waals surface area (Å²) >= 11 is 0. The number of fused-ring (bicyclic) bond motifs is 1. The molecule has 3 atom stereocenters. The topological polar surface area (TPSA) is 80.8 Å². The van der Waals surface area contributed by atoms with Crippen LogP contribution in [0.25, 0.3) is 11.2 Å². The first-order valence-electron chi connectivity index (χ1n) is 12.0. The second kappa shape index (κ2) is 9.74. The highest BCUT2D eigenvalue weighted by Gasteiger charge is 2.36. The molecule has 0 fully saturated rings. The molecule has 0 aliphatic heterocycles. The maximum atomic E-state index is 11.0. The van der Waals surface area contributed by atoms with Crippen LogP contribution in [0.5, 0.6) is 0 Å². The Morgan fingerprint density at radius 3 is 2.88 bits per heavy atom. The fourth-order valence-corrected chi connectivity index (χ4v) is 5.02. The third-order valence-electron chi connectivity index (χ3n) is 7.91. The molecule has 2 aromatic rings. The smallest absolute Gasteiger partial charge is 0.307 e. The van der Waals surface area contributed by atoms with Crippen LogP contribution >= 0.6 is 0 Å². The highest BCUT2D eigenvalue weighted by atomic mass is 16.3. The number of hydrogen-bond acceptors (Lipinski definition) is 4. The Kier molecular flexibility index (Phi) is 7.43. The van der Waals surface area contributed by atoms with E-state index < -0.39 is 5.60 Å². The van der Waals surface area contributed by atoms with Crippen LogP contribution in [0.1, 0.15) is 79.6 Å². The van der Waals surface area contributed by atoms with E-state index in [9.17, 15) is 5.11 Å². The second-order valence-corrected chi connectivity index (χ2v) is 10.5. The number of hydrogen-bond donors (Lipinski definition) is 2. The highest BCUT2D eigenvalue weighted by Crippen LogP contribution is 2.46. The molecule has 176 valence electrons. The molecule has 1 unspecified atom stereocenters. The number of nitrogens with two attached hydrogens (primary N) is 1. The number of aryl methyl sites for hydroxylation is 2. The number of nitrogen functional groups attached to an aromatic ring is 1. The van der Waals surface area contributed by atoms with Crippen LogP contribution in [0.3, 0.4) is 0 Å². The first-order valence-corrected chi connectivity index (χ1v) is 12.0. The van der Waals surface area contributed by atoms with E-state index in [1.807, 2.05) is 24.9 Å². The van der Waals surface area contributed by atoms with Gasteiger partial charge in [-0.3, -0.25) is 4.57 Å². The van der Waals surface area contributed by atoms with Crippen molar-refractivity contribution in [3.8, 4) is 0 Å². The van der Waals surface area contributed by atoms with Gasteiger partial charge in [0.1, 0.15) is 0 Å². The minimum absolute atomic E-state index is 0.217. The van der Waals surface area contributed by atoms with Gasteiger partial charge in [-0.05, 0) is 77.0 Å². The lowest BCUT2D eigenvalue weighted by atomic mass is 9.64. The van der Waals surface area contributed by atoms with E-state index in [-0.39, 0.29) is 5.41 Å². The molecule has 0 amide bonds. The van der Waals surface area contributed by atoms with Crippen molar-refractivity contribution in [2.24, 2.45) is 18.4 Å². The van der Waals surface area contributed by atoms with E-state index in [2.05, 4.69) is 54.4 Å². The largest absolute Gasteiger partial charge is 0.390 e. The van der Waals surface area contributed by atoms with Crippen molar-refractivity contribution in [2.75, 3.05) is 5.73 Å². The van der Waals surface area contributed by atoms with Gasteiger partial charge >= 0.3 is 5.65 Å². The Morgan fingerprint density at radius 1 is 1.41 bits per heavy atom.